The Kier molecular flexibility index (Phi) is 4.92. The molecule has 1 unspecified atom stereocenters. The molecule has 2 nitrogen and oxygen atoms in total. The maximum Gasteiger partial charge on any atom is 0.296 e. The van der Waals surface area contributed by atoms with Gasteiger partial charge >= 0.3 is 0 Å². The summed E-state index contributed by atoms with van der Waals surface area (Å²) in [6.45, 7) is 1.96. The first-order valence-corrected chi connectivity index (χ1v) is 5.47. The van der Waals surface area contributed by atoms with Crippen LogP contribution in [0.3, 0.4) is 0 Å². The van der Waals surface area contributed by atoms with Crippen LogP contribution in [-0.4, -0.2) is 11.9 Å². The van der Waals surface area contributed by atoms with E-state index in [1.54, 1.807) is 0 Å². The lowest BCUT2D eigenvalue weighted by molar-refractivity contribution is -0.116. The van der Waals surface area contributed by atoms with Crippen LogP contribution in [-0.2, 0) is 11.2 Å². The second-order valence-corrected chi connectivity index (χ2v) is 3.68. The van der Waals surface area contributed by atoms with Gasteiger partial charge in [-0.2, -0.15) is 0 Å². The molecule has 0 saturated heterocycles. The molecule has 3 heteroatoms. The molecule has 0 fully saturated rings. The lowest BCUT2D eigenvalue weighted by atomic mass is 10.1. The van der Waals surface area contributed by atoms with Crippen molar-refractivity contribution in [3.05, 3.63) is 35.9 Å². The minimum Gasteiger partial charge on any atom is -0.342 e. The standard InChI is InChI=1S/C12H12BrNO/c1-10(14-12(15)7-8-13)9-11-5-3-2-4-6-11/h2-6,10H,9H2,1H3,(H,14,15). The van der Waals surface area contributed by atoms with Crippen molar-refractivity contribution in [2.45, 2.75) is 19.4 Å². The van der Waals surface area contributed by atoms with Gasteiger partial charge in [-0.1, -0.05) is 30.3 Å². The van der Waals surface area contributed by atoms with Crippen LogP contribution in [0.15, 0.2) is 30.3 Å². The van der Waals surface area contributed by atoms with E-state index in [9.17, 15) is 4.79 Å². The smallest absolute Gasteiger partial charge is 0.296 e. The van der Waals surface area contributed by atoms with Crippen molar-refractivity contribution in [3.63, 3.8) is 0 Å². The Morgan fingerprint density at radius 2 is 2.13 bits per heavy atom. The van der Waals surface area contributed by atoms with Gasteiger partial charge in [0.1, 0.15) is 0 Å². The number of carbonyl (C=O) groups is 1. The third-order valence-electron chi connectivity index (χ3n) is 1.92. The van der Waals surface area contributed by atoms with Gasteiger partial charge < -0.3 is 5.32 Å². The molecule has 1 aromatic carbocycles. The number of amides is 1. The Morgan fingerprint density at radius 1 is 1.47 bits per heavy atom. The number of hydrogen-bond acceptors (Lipinski definition) is 1. The Hall–Kier alpha value is -1.27. The molecule has 1 aromatic rings. The fourth-order valence-corrected chi connectivity index (χ4v) is 1.50. The van der Waals surface area contributed by atoms with E-state index in [0.717, 1.165) is 6.42 Å². The summed E-state index contributed by atoms with van der Waals surface area (Å²) >= 11 is 2.88. The number of hydrogen-bond donors (Lipinski definition) is 1. The molecule has 0 saturated carbocycles. The molecule has 0 radical (unpaired) electrons. The maximum atomic E-state index is 11.1. The van der Waals surface area contributed by atoms with E-state index in [1.807, 2.05) is 37.3 Å². The minimum atomic E-state index is -0.254. The minimum absolute atomic E-state index is 0.0910. The van der Waals surface area contributed by atoms with Gasteiger partial charge in [0.25, 0.3) is 5.91 Å². The summed E-state index contributed by atoms with van der Waals surface area (Å²) in [5.41, 5.74) is 1.21. The van der Waals surface area contributed by atoms with Crippen molar-refractivity contribution in [1.82, 2.24) is 5.32 Å². The van der Waals surface area contributed by atoms with Crippen molar-refractivity contribution in [3.8, 4) is 10.8 Å². The number of halogens is 1. The van der Waals surface area contributed by atoms with E-state index in [2.05, 4.69) is 32.0 Å². The van der Waals surface area contributed by atoms with E-state index >= 15 is 0 Å². The van der Waals surface area contributed by atoms with Crippen LogP contribution >= 0.6 is 15.9 Å². The summed E-state index contributed by atoms with van der Waals surface area (Å²) in [5, 5.41) is 2.79. The molecule has 1 rings (SSSR count). The second-order valence-electron chi connectivity index (χ2n) is 3.28. The van der Waals surface area contributed by atoms with Gasteiger partial charge in [-0.25, -0.2) is 0 Å². The van der Waals surface area contributed by atoms with E-state index in [-0.39, 0.29) is 11.9 Å². The quantitative estimate of drug-likeness (QED) is 0.834. The highest BCUT2D eigenvalue weighted by Crippen LogP contribution is 2.02. The van der Waals surface area contributed by atoms with Gasteiger partial charge in [-0.3, -0.25) is 4.79 Å². The van der Waals surface area contributed by atoms with Crippen molar-refractivity contribution in [2.75, 3.05) is 0 Å². The molecule has 15 heavy (non-hydrogen) atoms. The van der Waals surface area contributed by atoms with Gasteiger partial charge in [0.15, 0.2) is 0 Å². The van der Waals surface area contributed by atoms with Gasteiger partial charge in [-0.15, -0.1) is 0 Å². The van der Waals surface area contributed by atoms with Gasteiger partial charge in [-0.05, 0) is 23.7 Å². The highest BCUT2D eigenvalue weighted by Gasteiger charge is 2.05. The Labute approximate surface area is 98.2 Å². The third kappa shape index (κ3) is 4.66. The van der Waals surface area contributed by atoms with Gasteiger partial charge in [0.2, 0.25) is 0 Å². The van der Waals surface area contributed by atoms with Gasteiger partial charge in [0, 0.05) is 27.9 Å². The SMILES string of the molecule is CC(Cc1ccccc1)NC(=O)C#CBr. The summed E-state index contributed by atoms with van der Waals surface area (Å²) in [4.78, 5) is 13.5. The van der Waals surface area contributed by atoms with E-state index in [1.165, 1.54) is 5.56 Å². The molecule has 0 aliphatic carbocycles. The molecule has 78 valence electrons. The zero-order valence-corrected chi connectivity index (χ0v) is 10.0. The van der Waals surface area contributed by atoms with Crippen molar-refractivity contribution in [2.24, 2.45) is 0 Å². The van der Waals surface area contributed by atoms with Crippen molar-refractivity contribution >= 4 is 21.8 Å². The fraction of sp³-hybridized carbons (Fsp3) is 0.250. The topological polar surface area (TPSA) is 29.1 Å². The molecule has 0 bridgehead atoms. The summed E-state index contributed by atoms with van der Waals surface area (Å²) in [6, 6.07) is 10.1. The second kappa shape index (κ2) is 6.26. The molecule has 0 heterocycles. The van der Waals surface area contributed by atoms with Crippen LogP contribution in [0.1, 0.15) is 12.5 Å². The largest absolute Gasteiger partial charge is 0.342 e. The van der Waals surface area contributed by atoms with Crippen LogP contribution in [0, 0.1) is 10.8 Å². The molecule has 1 N–H and O–H groups in total. The zero-order chi connectivity index (χ0) is 11.1. The zero-order valence-electron chi connectivity index (χ0n) is 8.46. The summed E-state index contributed by atoms with van der Waals surface area (Å²) in [6.07, 6.45) is 0.816. The molecule has 1 atom stereocenters. The average Bonchev–Trinajstić information content (AvgIpc) is 2.19. The molecule has 1 amide bonds. The van der Waals surface area contributed by atoms with Gasteiger partial charge in [0.05, 0.1) is 0 Å². The molecule has 0 aromatic heterocycles. The van der Waals surface area contributed by atoms with Crippen LogP contribution in [0.5, 0.6) is 0 Å². The van der Waals surface area contributed by atoms with E-state index in [0.29, 0.717) is 0 Å². The summed E-state index contributed by atoms with van der Waals surface area (Å²) in [5.74, 6) is 2.12. The molecule has 0 aliphatic heterocycles. The van der Waals surface area contributed by atoms with E-state index < -0.39 is 0 Å². The first-order valence-electron chi connectivity index (χ1n) is 4.68. The summed E-state index contributed by atoms with van der Waals surface area (Å²) in [7, 11) is 0. The summed E-state index contributed by atoms with van der Waals surface area (Å²) < 4.78 is 0. The number of nitrogens with one attached hydrogen (secondary N) is 1. The van der Waals surface area contributed by atoms with Crippen LogP contribution in [0.2, 0.25) is 0 Å². The van der Waals surface area contributed by atoms with Crippen molar-refractivity contribution in [1.29, 1.82) is 0 Å². The molecule has 0 spiro atoms. The lowest BCUT2D eigenvalue weighted by Gasteiger charge is -2.11. The first kappa shape index (κ1) is 11.8. The predicted octanol–water partition coefficient (Wildman–Crippen LogP) is 2.09. The fourth-order valence-electron chi connectivity index (χ4n) is 1.32. The average molecular weight is 266 g/mol. The van der Waals surface area contributed by atoms with Crippen molar-refractivity contribution < 1.29 is 4.79 Å². The first-order chi connectivity index (χ1) is 7.22. The van der Waals surface area contributed by atoms with E-state index in [4.69, 9.17) is 0 Å². The highest BCUT2D eigenvalue weighted by molar-refractivity contribution is 9.12. The Bertz CT molecular complexity index is 378. The van der Waals surface area contributed by atoms with Crippen LogP contribution in [0.4, 0.5) is 0 Å². The monoisotopic (exact) mass is 265 g/mol. The predicted molar refractivity (Wildman–Crippen MR) is 64.5 cm³/mol. The number of benzene rings is 1. The normalized spacial score (nSPS) is 11.1. The molecule has 0 aliphatic rings. The molecular formula is C12H12BrNO. The van der Waals surface area contributed by atoms with Crippen LogP contribution < -0.4 is 5.32 Å². The third-order valence-corrected chi connectivity index (χ3v) is 2.12. The maximum absolute atomic E-state index is 11.1. The highest BCUT2D eigenvalue weighted by atomic mass is 79.9. The Morgan fingerprint density at radius 3 is 2.73 bits per heavy atom. The number of carbonyl (C=O) groups excluding carboxylic acids is 1. The Balaban J connectivity index is 2.45. The lowest BCUT2D eigenvalue weighted by Crippen LogP contribution is -2.32. The number of rotatable bonds is 3. The molecular weight excluding hydrogens is 254 g/mol. The van der Waals surface area contributed by atoms with Crippen LogP contribution in [0.25, 0.3) is 0 Å².